The minimum Gasteiger partial charge on any atom is -0.309 e. The number of benzene rings is 2. The number of fused-ring (bicyclic) bond motifs is 1. The Balaban J connectivity index is 1.96. The predicted octanol–water partition coefficient (Wildman–Crippen LogP) is 5.11. The molecular weight excluding hydrogens is 358 g/mol. The van der Waals surface area contributed by atoms with Gasteiger partial charge in [-0.1, -0.05) is 29.8 Å². The third-order valence-corrected chi connectivity index (χ3v) is 4.43. The standard InChI is InChI=1S/C19H13ClF2N4/c1-2-26-18(11-6-3-4-7-12(11)20)24-15-10-23-17(25-19(15)26)16-13(21)8-5-9-14(16)22/h3-10H,2H2,1H3. The maximum absolute atomic E-state index is 14.1. The lowest BCUT2D eigenvalue weighted by molar-refractivity contribution is 0.587. The number of aromatic nitrogens is 4. The molecule has 0 saturated carbocycles. The van der Waals surface area contributed by atoms with Crippen molar-refractivity contribution in [2.24, 2.45) is 0 Å². The number of hydrogen-bond acceptors (Lipinski definition) is 3. The van der Waals surface area contributed by atoms with E-state index < -0.39 is 11.6 Å². The molecule has 4 aromatic rings. The van der Waals surface area contributed by atoms with Gasteiger partial charge in [0.1, 0.15) is 23.0 Å². The van der Waals surface area contributed by atoms with Crippen molar-refractivity contribution in [2.75, 3.05) is 0 Å². The van der Waals surface area contributed by atoms with Gasteiger partial charge in [-0.2, -0.15) is 0 Å². The van der Waals surface area contributed by atoms with E-state index in [0.717, 1.165) is 5.56 Å². The molecule has 2 aromatic heterocycles. The molecule has 0 saturated heterocycles. The summed E-state index contributed by atoms with van der Waals surface area (Å²) >= 11 is 6.30. The molecule has 0 unspecified atom stereocenters. The smallest absolute Gasteiger partial charge is 0.167 e. The van der Waals surface area contributed by atoms with Crippen molar-refractivity contribution in [2.45, 2.75) is 13.5 Å². The lowest BCUT2D eigenvalue weighted by Gasteiger charge is -2.08. The molecule has 2 heterocycles. The molecule has 0 N–H and O–H groups in total. The van der Waals surface area contributed by atoms with E-state index in [1.54, 1.807) is 6.07 Å². The summed E-state index contributed by atoms with van der Waals surface area (Å²) in [5.41, 5.74) is 1.53. The maximum atomic E-state index is 14.1. The largest absolute Gasteiger partial charge is 0.309 e. The first kappa shape index (κ1) is 16.6. The molecule has 4 rings (SSSR count). The van der Waals surface area contributed by atoms with E-state index in [1.807, 2.05) is 29.7 Å². The average molecular weight is 371 g/mol. The van der Waals surface area contributed by atoms with Crippen LogP contribution in [0.2, 0.25) is 5.02 Å². The topological polar surface area (TPSA) is 43.6 Å². The molecule has 0 bridgehead atoms. The fourth-order valence-electron chi connectivity index (χ4n) is 2.90. The van der Waals surface area contributed by atoms with Gasteiger partial charge in [0.15, 0.2) is 11.5 Å². The van der Waals surface area contributed by atoms with E-state index in [-0.39, 0.29) is 11.4 Å². The van der Waals surface area contributed by atoms with Gasteiger partial charge in [0.25, 0.3) is 0 Å². The second-order valence-electron chi connectivity index (χ2n) is 5.66. The highest BCUT2D eigenvalue weighted by Gasteiger charge is 2.19. The minimum atomic E-state index is -0.710. The van der Waals surface area contributed by atoms with Crippen LogP contribution in [0.25, 0.3) is 33.9 Å². The lowest BCUT2D eigenvalue weighted by Crippen LogP contribution is -2.01. The van der Waals surface area contributed by atoms with Crippen molar-refractivity contribution in [1.29, 1.82) is 0 Å². The van der Waals surface area contributed by atoms with E-state index in [2.05, 4.69) is 15.0 Å². The zero-order valence-electron chi connectivity index (χ0n) is 13.7. The first-order valence-corrected chi connectivity index (χ1v) is 8.40. The molecule has 26 heavy (non-hydrogen) atoms. The Morgan fingerprint density at radius 2 is 1.73 bits per heavy atom. The summed E-state index contributed by atoms with van der Waals surface area (Å²) in [4.78, 5) is 13.0. The molecule has 7 heteroatoms. The number of aryl methyl sites for hydroxylation is 1. The van der Waals surface area contributed by atoms with Gasteiger partial charge in [-0.05, 0) is 31.2 Å². The van der Waals surface area contributed by atoms with Crippen LogP contribution < -0.4 is 0 Å². The highest BCUT2D eigenvalue weighted by atomic mass is 35.5. The highest BCUT2D eigenvalue weighted by molar-refractivity contribution is 6.33. The summed E-state index contributed by atoms with van der Waals surface area (Å²) in [7, 11) is 0. The van der Waals surface area contributed by atoms with Gasteiger partial charge in [-0.15, -0.1) is 0 Å². The van der Waals surface area contributed by atoms with Crippen LogP contribution in [0.1, 0.15) is 6.92 Å². The van der Waals surface area contributed by atoms with Crippen LogP contribution in [-0.2, 0) is 6.54 Å². The first-order chi connectivity index (χ1) is 12.6. The molecule has 0 aliphatic carbocycles. The molecule has 0 spiro atoms. The second kappa shape index (κ2) is 6.46. The highest BCUT2D eigenvalue weighted by Crippen LogP contribution is 2.30. The fourth-order valence-corrected chi connectivity index (χ4v) is 3.12. The van der Waals surface area contributed by atoms with Crippen LogP contribution in [0.5, 0.6) is 0 Å². The van der Waals surface area contributed by atoms with Gasteiger partial charge in [0.2, 0.25) is 0 Å². The monoisotopic (exact) mass is 370 g/mol. The number of hydrogen-bond donors (Lipinski definition) is 0. The summed E-state index contributed by atoms with van der Waals surface area (Å²) < 4.78 is 30.0. The fraction of sp³-hybridized carbons (Fsp3) is 0.105. The van der Waals surface area contributed by atoms with E-state index in [9.17, 15) is 8.78 Å². The SMILES string of the molecule is CCn1c(-c2ccccc2Cl)nc2cnc(-c3c(F)cccc3F)nc21. The van der Waals surface area contributed by atoms with E-state index in [4.69, 9.17) is 11.6 Å². The molecule has 0 fully saturated rings. The molecule has 4 nitrogen and oxygen atoms in total. The van der Waals surface area contributed by atoms with Crippen molar-refractivity contribution >= 4 is 22.8 Å². The lowest BCUT2D eigenvalue weighted by atomic mass is 10.2. The van der Waals surface area contributed by atoms with Crippen molar-refractivity contribution in [1.82, 2.24) is 19.5 Å². The molecule has 0 atom stereocenters. The first-order valence-electron chi connectivity index (χ1n) is 8.02. The van der Waals surface area contributed by atoms with Crippen LogP contribution in [0.4, 0.5) is 8.78 Å². The number of imidazole rings is 1. The van der Waals surface area contributed by atoms with E-state index in [0.29, 0.717) is 28.6 Å². The zero-order valence-corrected chi connectivity index (χ0v) is 14.5. The minimum absolute atomic E-state index is 0.0200. The Labute approximate surface area is 153 Å². The summed E-state index contributed by atoms with van der Waals surface area (Å²) in [6.45, 7) is 2.50. The number of halogens is 3. The Kier molecular flexibility index (Phi) is 4.12. The summed E-state index contributed by atoms with van der Waals surface area (Å²) in [6, 6.07) is 11.0. The molecule has 0 radical (unpaired) electrons. The van der Waals surface area contributed by atoms with E-state index >= 15 is 0 Å². The van der Waals surface area contributed by atoms with Crippen molar-refractivity contribution in [3.8, 4) is 22.8 Å². The normalized spacial score (nSPS) is 11.2. The van der Waals surface area contributed by atoms with Crippen LogP contribution in [0.3, 0.4) is 0 Å². The van der Waals surface area contributed by atoms with Crippen LogP contribution in [0.15, 0.2) is 48.7 Å². The van der Waals surface area contributed by atoms with Gasteiger partial charge in [-0.25, -0.2) is 23.7 Å². The third-order valence-electron chi connectivity index (χ3n) is 4.11. The van der Waals surface area contributed by atoms with Crippen molar-refractivity contribution in [3.63, 3.8) is 0 Å². The Hall–Kier alpha value is -2.86. The van der Waals surface area contributed by atoms with Gasteiger partial charge >= 0.3 is 0 Å². The van der Waals surface area contributed by atoms with Gasteiger partial charge in [0, 0.05) is 12.1 Å². The summed E-state index contributed by atoms with van der Waals surface area (Å²) in [5.74, 6) is -0.807. The predicted molar refractivity (Wildman–Crippen MR) is 96.8 cm³/mol. The summed E-state index contributed by atoms with van der Waals surface area (Å²) in [6.07, 6.45) is 1.47. The quantitative estimate of drug-likeness (QED) is 0.503. The molecule has 0 aliphatic heterocycles. The van der Waals surface area contributed by atoms with E-state index in [1.165, 1.54) is 24.4 Å². The van der Waals surface area contributed by atoms with Gasteiger partial charge in [-0.3, -0.25) is 0 Å². The Morgan fingerprint density at radius 1 is 1.00 bits per heavy atom. The molecule has 0 amide bonds. The molecule has 2 aromatic carbocycles. The van der Waals surface area contributed by atoms with Crippen molar-refractivity contribution < 1.29 is 8.78 Å². The van der Waals surface area contributed by atoms with Crippen molar-refractivity contribution in [3.05, 3.63) is 65.3 Å². The third kappa shape index (κ3) is 2.63. The Morgan fingerprint density at radius 3 is 2.42 bits per heavy atom. The number of nitrogens with zero attached hydrogens (tertiary/aromatic N) is 4. The molecule has 0 aliphatic rings. The van der Waals surface area contributed by atoms with Crippen LogP contribution in [-0.4, -0.2) is 19.5 Å². The summed E-state index contributed by atoms with van der Waals surface area (Å²) in [5, 5.41) is 0.561. The van der Waals surface area contributed by atoms with Crippen LogP contribution in [0, 0.1) is 11.6 Å². The second-order valence-corrected chi connectivity index (χ2v) is 6.07. The maximum Gasteiger partial charge on any atom is 0.167 e. The van der Waals surface area contributed by atoms with Gasteiger partial charge in [0.05, 0.1) is 16.8 Å². The number of rotatable bonds is 3. The molecule has 130 valence electrons. The Bertz CT molecular complexity index is 1100. The van der Waals surface area contributed by atoms with Gasteiger partial charge < -0.3 is 4.57 Å². The zero-order chi connectivity index (χ0) is 18.3. The molecular formula is C19H13ClF2N4. The average Bonchev–Trinajstić information content (AvgIpc) is 2.99. The van der Waals surface area contributed by atoms with Crippen LogP contribution >= 0.6 is 11.6 Å².